The van der Waals surface area contributed by atoms with Crippen molar-refractivity contribution in [3.8, 4) is 0 Å². The van der Waals surface area contributed by atoms with E-state index in [9.17, 15) is 8.42 Å². The standard InChI is InChI=1S/C13H21BrN2O2S/c1-3-4-5-10(2)16-19(17,18)13-8-11(9-15)6-7-12(13)14/h6-8,10,16H,3-5,9,15H2,1-2H3. The van der Waals surface area contributed by atoms with Crippen LogP contribution in [0, 0.1) is 0 Å². The second kappa shape index (κ2) is 7.38. The zero-order valence-corrected chi connectivity index (χ0v) is 13.7. The number of rotatable bonds is 7. The zero-order chi connectivity index (χ0) is 14.5. The van der Waals surface area contributed by atoms with Gasteiger partial charge < -0.3 is 5.73 Å². The third kappa shape index (κ3) is 4.87. The Kier molecular flexibility index (Phi) is 6.46. The SMILES string of the molecule is CCCCC(C)NS(=O)(=O)c1cc(CN)ccc1Br. The average Bonchev–Trinajstić information content (AvgIpc) is 2.36. The highest BCUT2D eigenvalue weighted by Crippen LogP contribution is 2.23. The maximum Gasteiger partial charge on any atom is 0.241 e. The van der Waals surface area contributed by atoms with Crippen LogP contribution in [0.3, 0.4) is 0 Å². The van der Waals surface area contributed by atoms with Gasteiger partial charge in [0.2, 0.25) is 10.0 Å². The first-order valence-corrected chi connectivity index (χ1v) is 8.69. The van der Waals surface area contributed by atoms with Gasteiger partial charge in [0, 0.05) is 17.1 Å². The lowest BCUT2D eigenvalue weighted by Gasteiger charge is -2.15. The Morgan fingerprint density at radius 1 is 1.42 bits per heavy atom. The molecule has 0 fully saturated rings. The van der Waals surface area contributed by atoms with E-state index in [4.69, 9.17) is 5.73 Å². The Morgan fingerprint density at radius 2 is 2.11 bits per heavy atom. The number of halogens is 1. The lowest BCUT2D eigenvalue weighted by molar-refractivity contribution is 0.534. The Balaban J connectivity index is 2.93. The minimum absolute atomic E-state index is 0.0709. The van der Waals surface area contributed by atoms with Gasteiger partial charge in [-0.2, -0.15) is 0 Å². The van der Waals surface area contributed by atoms with Crippen molar-refractivity contribution in [1.82, 2.24) is 4.72 Å². The molecule has 1 aromatic carbocycles. The molecule has 6 heteroatoms. The van der Waals surface area contributed by atoms with Gasteiger partial charge in [0.1, 0.15) is 0 Å². The van der Waals surface area contributed by atoms with Crippen molar-refractivity contribution >= 4 is 26.0 Å². The molecule has 0 saturated carbocycles. The van der Waals surface area contributed by atoms with Crippen molar-refractivity contribution < 1.29 is 8.42 Å². The Bertz CT molecular complexity index is 517. The third-order valence-corrected chi connectivity index (χ3v) is 5.45. The van der Waals surface area contributed by atoms with E-state index in [0.29, 0.717) is 11.0 Å². The number of hydrogen-bond acceptors (Lipinski definition) is 3. The largest absolute Gasteiger partial charge is 0.326 e. The van der Waals surface area contributed by atoms with Crippen LogP contribution < -0.4 is 10.5 Å². The Labute approximate surface area is 124 Å². The van der Waals surface area contributed by atoms with Crippen molar-refractivity contribution in [1.29, 1.82) is 0 Å². The van der Waals surface area contributed by atoms with Crippen molar-refractivity contribution in [2.24, 2.45) is 5.73 Å². The molecule has 0 saturated heterocycles. The molecule has 0 radical (unpaired) electrons. The summed E-state index contributed by atoms with van der Waals surface area (Å²) >= 11 is 3.28. The quantitative estimate of drug-likeness (QED) is 0.795. The number of hydrogen-bond donors (Lipinski definition) is 2. The molecule has 1 rings (SSSR count). The molecule has 0 amide bonds. The van der Waals surface area contributed by atoms with Gasteiger partial charge in [0.05, 0.1) is 4.90 Å². The van der Waals surface area contributed by atoms with E-state index < -0.39 is 10.0 Å². The number of sulfonamides is 1. The fourth-order valence-corrected chi connectivity index (χ4v) is 4.07. The van der Waals surface area contributed by atoms with E-state index in [1.165, 1.54) is 0 Å². The third-order valence-electron chi connectivity index (χ3n) is 2.87. The van der Waals surface area contributed by atoms with Crippen LogP contribution in [0.5, 0.6) is 0 Å². The molecule has 1 aromatic rings. The molecular weight excluding hydrogens is 328 g/mol. The minimum atomic E-state index is -3.51. The summed E-state index contributed by atoms with van der Waals surface area (Å²) in [6.45, 7) is 4.29. The van der Waals surface area contributed by atoms with E-state index in [2.05, 4.69) is 27.6 Å². The lowest BCUT2D eigenvalue weighted by Crippen LogP contribution is -2.32. The second-order valence-corrected chi connectivity index (χ2v) is 7.17. The van der Waals surface area contributed by atoms with Gasteiger partial charge >= 0.3 is 0 Å². The van der Waals surface area contributed by atoms with Crippen LogP contribution in [0.25, 0.3) is 0 Å². The summed E-state index contributed by atoms with van der Waals surface area (Å²) in [4.78, 5) is 0.249. The van der Waals surface area contributed by atoms with Crippen molar-refractivity contribution in [3.63, 3.8) is 0 Å². The van der Waals surface area contributed by atoms with E-state index in [-0.39, 0.29) is 10.9 Å². The van der Waals surface area contributed by atoms with E-state index in [0.717, 1.165) is 24.8 Å². The summed E-state index contributed by atoms with van der Waals surface area (Å²) in [5.74, 6) is 0. The van der Waals surface area contributed by atoms with Crippen LogP contribution in [0.4, 0.5) is 0 Å². The molecule has 0 heterocycles. The second-order valence-electron chi connectivity index (χ2n) is 4.63. The fraction of sp³-hybridized carbons (Fsp3) is 0.538. The van der Waals surface area contributed by atoms with Gasteiger partial charge in [-0.05, 0) is 47.0 Å². The molecule has 0 aliphatic carbocycles. The summed E-state index contributed by atoms with van der Waals surface area (Å²) in [6.07, 6.45) is 2.90. The van der Waals surface area contributed by atoms with Crippen LogP contribution in [-0.2, 0) is 16.6 Å². The molecule has 0 aromatic heterocycles. The predicted octanol–water partition coefficient (Wildman–Crippen LogP) is 2.76. The molecule has 0 bridgehead atoms. The highest BCUT2D eigenvalue weighted by molar-refractivity contribution is 9.10. The number of unbranched alkanes of at least 4 members (excludes halogenated alkanes) is 1. The summed E-state index contributed by atoms with van der Waals surface area (Å²) < 4.78 is 27.9. The molecule has 0 aliphatic heterocycles. The number of nitrogens with one attached hydrogen (secondary N) is 1. The number of benzene rings is 1. The minimum Gasteiger partial charge on any atom is -0.326 e. The molecule has 3 N–H and O–H groups in total. The molecule has 108 valence electrons. The topological polar surface area (TPSA) is 72.2 Å². The van der Waals surface area contributed by atoms with E-state index in [1.807, 2.05) is 13.0 Å². The molecule has 0 spiro atoms. The summed E-state index contributed by atoms with van der Waals surface area (Å²) in [5, 5.41) is 0. The van der Waals surface area contributed by atoms with Crippen LogP contribution in [0.15, 0.2) is 27.6 Å². The van der Waals surface area contributed by atoms with Gasteiger partial charge in [0.15, 0.2) is 0 Å². The van der Waals surface area contributed by atoms with E-state index in [1.54, 1.807) is 12.1 Å². The van der Waals surface area contributed by atoms with Crippen molar-refractivity contribution in [3.05, 3.63) is 28.2 Å². The number of nitrogens with two attached hydrogens (primary N) is 1. The smallest absolute Gasteiger partial charge is 0.241 e. The van der Waals surface area contributed by atoms with Crippen molar-refractivity contribution in [2.45, 2.75) is 50.6 Å². The summed E-state index contributed by atoms with van der Waals surface area (Å²) in [5.41, 5.74) is 6.34. The highest BCUT2D eigenvalue weighted by Gasteiger charge is 2.20. The first kappa shape index (κ1) is 16.6. The molecule has 1 atom stereocenters. The molecular formula is C13H21BrN2O2S. The first-order valence-electron chi connectivity index (χ1n) is 6.41. The van der Waals surface area contributed by atoms with Crippen LogP contribution in [0.2, 0.25) is 0 Å². The van der Waals surface area contributed by atoms with Gasteiger partial charge in [0.25, 0.3) is 0 Å². The van der Waals surface area contributed by atoms with Gasteiger partial charge in [-0.1, -0.05) is 25.8 Å². The summed E-state index contributed by atoms with van der Waals surface area (Å²) in [6, 6.07) is 5.06. The highest BCUT2D eigenvalue weighted by atomic mass is 79.9. The van der Waals surface area contributed by atoms with Gasteiger partial charge in [-0.3, -0.25) is 0 Å². The van der Waals surface area contributed by atoms with Crippen LogP contribution in [0.1, 0.15) is 38.7 Å². The zero-order valence-electron chi connectivity index (χ0n) is 11.3. The van der Waals surface area contributed by atoms with Crippen molar-refractivity contribution in [2.75, 3.05) is 0 Å². The molecule has 4 nitrogen and oxygen atoms in total. The molecule has 19 heavy (non-hydrogen) atoms. The first-order chi connectivity index (χ1) is 8.90. The Hall–Kier alpha value is -0.430. The van der Waals surface area contributed by atoms with Gasteiger partial charge in [-0.15, -0.1) is 0 Å². The maximum absolute atomic E-state index is 12.3. The Morgan fingerprint density at radius 3 is 2.68 bits per heavy atom. The molecule has 1 unspecified atom stereocenters. The van der Waals surface area contributed by atoms with Gasteiger partial charge in [-0.25, -0.2) is 13.1 Å². The van der Waals surface area contributed by atoms with E-state index >= 15 is 0 Å². The maximum atomic E-state index is 12.3. The lowest BCUT2D eigenvalue weighted by atomic mass is 10.2. The fourth-order valence-electron chi connectivity index (χ4n) is 1.78. The predicted molar refractivity (Wildman–Crippen MR) is 81.3 cm³/mol. The normalized spacial score (nSPS) is 13.5. The van der Waals surface area contributed by atoms with Crippen LogP contribution >= 0.6 is 15.9 Å². The molecule has 0 aliphatic rings. The summed E-state index contributed by atoms with van der Waals surface area (Å²) in [7, 11) is -3.51. The monoisotopic (exact) mass is 348 g/mol. The average molecular weight is 349 g/mol. The van der Waals surface area contributed by atoms with Crippen LogP contribution in [-0.4, -0.2) is 14.5 Å².